The van der Waals surface area contributed by atoms with Gasteiger partial charge in [0.2, 0.25) is 0 Å². The largest absolute Gasteiger partial charge is 0.456 e. The molecule has 0 aliphatic heterocycles. The van der Waals surface area contributed by atoms with Gasteiger partial charge in [0.25, 0.3) is 0 Å². The first-order chi connectivity index (χ1) is 11.3. The zero-order valence-corrected chi connectivity index (χ0v) is 12.9. The van der Waals surface area contributed by atoms with E-state index in [0.29, 0.717) is 0 Å². The van der Waals surface area contributed by atoms with Gasteiger partial charge in [-0.2, -0.15) is 0 Å². The summed E-state index contributed by atoms with van der Waals surface area (Å²) in [5.41, 5.74) is 5.74. The third-order valence-corrected chi connectivity index (χ3v) is 4.02. The zero-order chi connectivity index (χ0) is 15.6. The number of rotatable bonds is 3. The molecule has 2 aromatic heterocycles. The number of benzene rings is 1. The lowest BCUT2D eigenvalue weighted by Crippen LogP contribution is -1.92. The maximum Gasteiger partial charge on any atom is 0.146 e. The summed E-state index contributed by atoms with van der Waals surface area (Å²) in [6, 6.07) is 13.9. The molecule has 0 amide bonds. The van der Waals surface area contributed by atoms with Crippen LogP contribution in [0.2, 0.25) is 0 Å². The standard InChI is InChI=1S/C20H16N2O/c1-14-7-8-20-19(14)10-16(12-22-20)15-9-18(13-21-11-15)23-17-5-3-2-4-6-17/h2-7,9-13H,8H2,1H3. The molecule has 0 radical (unpaired) electrons. The molecule has 112 valence electrons. The van der Waals surface area contributed by atoms with Gasteiger partial charge < -0.3 is 4.74 Å². The molecule has 0 unspecified atom stereocenters. The lowest BCUT2D eigenvalue weighted by molar-refractivity contribution is 0.480. The molecule has 0 N–H and O–H groups in total. The fourth-order valence-corrected chi connectivity index (χ4v) is 2.77. The van der Waals surface area contributed by atoms with E-state index >= 15 is 0 Å². The Bertz CT molecular complexity index is 885. The van der Waals surface area contributed by atoms with Crippen LogP contribution in [0.1, 0.15) is 18.2 Å². The molecule has 0 saturated heterocycles. The van der Waals surface area contributed by atoms with Gasteiger partial charge in [0, 0.05) is 29.9 Å². The van der Waals surface area contributed by atoms with Crippen LogP contribution in [0.5, 0.6) is 11.5 Å². The van der Waals surface area contributed by atoms with Gasteiger partial charge in [0.15, 0.2) is 0 Å². The fourth-order valence-electron chi connectivity index (χ4n) is 2.77. The van der Waals surface area contributed by atoms with Crippen LogP contribution in [0.4, 0.5) is 0 Å². The smallest absolute Gasteiger partial charge is 0.146 e. The molecule has 1 aromatic carbocycles. The second-order valence-corrected chi connectivity index (χ2v) is 5.63. The number of aromatic nitrogens is 2. The predicted octanol–water partition coefficient (Wildman–Crippen LogP) is 4.90. The van der Waals surface area contributed by atoms with E-state index in [1.807, 2.05) is 48.8 Å². The minimum atomic E-state index is 0.724. The summed E-state index contributed by atoms with van der Waals surface area (Å²) in [4.78, 5) is 8.88. The fraction of sp³-hybridized carbons (Fsp3) is 0.100. The monoisotopic (exact) mass is 300 g/mol. The summed E-state index contributed by atoms with van der Waals surface area (Å²) >= 11 is 0. The summed E-state index contributed by atoms with van der Waals surface area (Å²) in [6.07, 6.45) is 8.62. The summed E-state index contributed by atoms with van der Waals surface area (Å²) in [5, 5.41) is 0. The molecule has 0 fully saturated rings. The molecule has 3 nitrogen and oxygen atoms in total. The molecule has 0 bridgehead atoms. The molecule has 3 aromatic rings. The Hall–Kier alpha value is -2.94. The van der Waals surface area contributed by atoms with Gasteiger partial charge in [-0.1, -0.05) is 24.3 Å². The Morgan fingerprint density at radius 3 is 2.61 bits per heavy atom. The lowest BCUT2D eigenvalue weighted by Gasteiger charge is -2.08. The first-order valence-corrected chi connectivity index (χ1v) is 7.64. The van der Waals surface area contributed by atoms with Crippen molar-refractivity contribution >= 4 is 5.57 Å². The number of fused-ring (bicyclic) bond motifs is 1. The van der Waals surface area contributed by atoms with Gasteiger partial charge in [-0.15, -0.1) is 0 Å². The van der Waals surface area contributed by atoms with Crippen molar-refractivity contribution in [2.24, 2.45) is 0 Å². The van der Waals surface area contributed by atoms with Crippen molar-refractivity contribution in [2.75, 3.05) is 0 Å². The Kier molecular flexibility index (Phi) is 3.39. The quantitative estimate of drug-likeness (QED) is 0.690. The molecule has 2 heterocycles. The third kappa shape index (κ3) is 2.73. The van der Waals surface area contributed by atoms with E-state index in [-0.39, 0.29) is 0 Å². The number of nitrogens with zero attached hydrogens (tertiary/aromatic N) is 2. The van der Waals surface area contributed by atoms with E-state index in [9.17, 15) is 0 Å². The van der Waals surface area contributed by atoms with Crippen molar-refractivity contribution in [3.63, 3.8) is 0 Å². The highest BCUT2D eigenvalue weighted by atomic mass is 16.5. The van der Waals surface area contributed by atoms with E-state index < -0.39 is 0 Å². The molecule has 1 aliphatic rings. The van der Waals surface area contributed by atoms with Gasteiger partial charge in [-0.25, -0.2) is 0 Å². The van der Waals surface area contributed by atoms with Gasteiger partial charge in [-0.3, -0.25) is 9.97 Å². The van der Waals surface area contributed by atoms with E-state index in [1.165, 1.54) is 11.1 Å². The first-order valence-electron chi connectivity index (χ1n) is 7.64. The van der Waals surface area contributed by atoms with Crippen LogP contribution < -0.4 is 4.74 Å². The topological polar surface area (TPSA) is 35.0 Å². The average molecular weight is 300 g/mol. The van der Waals surface area contributed by atoms with Crippen LogP contribution in [-0.2, 0) is 6.42 Å². The summed E-state index contributed by atoms with van der Waals surface area (Å²) in [5.74, 6) is 1.53. The van der Waals surface area contributed by atoms with Crippen LogP contribution in [0.25, 0.3) is 16.7 Å². The van der Waals surface area contributed by atoms with E-state index in [1.54, 1.807) is 6.20 Å². The lowest BCUT2D eigenvalue weighted by atomic mass is 10.0. The number of hydrogen-bond acceptors (Lipinski definition) is 3. The molecule has 4 rings (SSSR count). The van der Waals surface area contributed by atoms with Gasteiger partial charge in [0.05, 0.1) is 11.9 Å². The number of allylic oxidation sites excluding steroid dienone is 2. The van der Waals surface area contributed by atoms with E-state index in [4.69, 9.17) is 4.74 Å². The molecule has 3 heteroatoms. The minimum absolute atomic E-state index is 0.724. The van der Waals surface area contributed by atoms with Crippen molar-refractivity contribution in [1.82, 2.24) is 9.97 Å². The molecule has 0 saturated carbocycles. The molecular weight excluding hydrogens is 284 g/mol. The Morgan fingerprint density at radius 2 is 1.74 bits per heavy atom. The summed E-state index contributed by atoms with van der Waals surface area (Å²) in [6.45, 7) is 2.13. The van der Waals surface area contributed by atoms with E-state index in [2.05, 4.69) is 29.0 Å². The van der Waals surface area contributed by atoms with Crippen molar-refractivity contribution < 1.29 is 4.74 Å². The van der Waals surface area contributed by atoms with Crippen LogP contribution in [0.15, 0.2) is 67.1 Å². The Morgan fingerprint density at radius 1 is 0.913 bits per heavy atom. The molecule has 1 aliphatic carbocycles. The first kappa shape index (κ1) is 13.7. The van der Waals surface area contributed by atoms with Crippen molar-refractivity contribution in [1.29, 1.82) is 0 Å². The predicted molar refractivity (Wildman–Crippen MR) is 91.3 cm³/mol. The highest BCUT2D eigenvalue weighted by Crippen LogP contribution is 2.31. The molecule has 23 heavy (non-hydrogen) atoms. The highest BCUT2D eigenvalue weighted by molar-refractivity contribution is 5.75. The second-order valence-electron chi connectivity index (χ2n) is 5.63. The van der Waals surface area contributed by atoms with Crippen LogP contribution >= 0.6 is 0 Å². The van der Waals surface area contributed by atoms with Gasteiger partial charge >= 0.3 is 0 Å². The molecular formula is C20H16N2O. The third-order valence-electron chi connectivity index (χ3n) is 4.02. The number of ether oxygens (including phenoxy) is 1. The average Bonchev–Trinajstić information content (AvgIpc) is 2.97. The van der Waals surface area contributed by atoms with E-state index in [0.717, 1.165) is 34.7 Å². The second kappa shape index (κ2) is 5.69. The number of pyridine rings is 2. The maximum absolute atomic E-state index is 5.86. The highest BCUT2D eigenvalue weighted by Gasteiger charge is 2.13. The van der Waals surface area contributed by atoms with Crippen molar-refractivity contribution in [3.8, 4) is 22.6 Å². The Labute approximate surface area is 135 Å². The van der Waals surface area contributed by atoms with Crippen LogP contribution in [0.3, 0.4) is 0 Å². The molecule has 0 atom stereocenters. The number of hydrogen-bond donors (Lipinski definition) is 0. The zero-order valence-electron chi connectivity index (χ0n) is 12.9. The van der Waals surface area contributed by atoms with Gasteiger partial charge in [0.1, 0.15) is 11.5 Å². The van der Waals surface area contributed by atoms with Crippen molar-refractivity contribution in [2.45, 2.75) is 13.3 Å². The van der Waals surface area contributed by atoms with Crippen molar-refractivity contribution in [3.05, 3.63) is 78.4 Å². The minimum Gasteiger partial charge on any atom is -0.456 e. The normalized spacial score (nSPS) is 12.7. The van der Waals surface area contributed by atoms with Gasteiger partial charge in [-0.05, 0) is 42.3 Å². The summed E-state index contributed by atoms with van der Waals surface area (Å²) < 4.78 is 5.86. The number of para-hydroxylation sites is 1. The van der Waals surface area contributed by atoms with Crippen LogP contribution in [-0.4, -0.2) is 9.97 Å². The maximum atomic E-state index is 5.86. The SMILES string of the molecule is CC1=CCc2ncc(-c3cncc(Oc4ccccc4)c3)cc21. The van der Waals surface area contributed by atoms with Crippen LogP contribution in [0, 0.1) is 0 Å². The summed E-state index contributed by atoms with van der Waals surface area (Å²) in [7, 11) is 0. The molecule has 0 spiro atoms. The Balaban J connectivity index is 1.67.